The Balaban J connectivity index is 1.43. The molecule has 0 radical (unpaired) electrons. The third kappa shape index (κ3) is 3.40. The molecule has 2 amide bonds. The van der Waals surface area contributed by atoms with Gasteiger partial charge in [-0.2, -0.15) is 0 Å². The lowest BCUT2D eigenvalue weighted by Gasteiger charge is -2.47. The summed E-state index contributed by atoms with van der Waals surface area (Å²) in [6, 6.07) is 7.61. The molecule has 2 aliphatic heterocycles. The fourth-order valence-corrected chi connectivity index (χ4v) is 4.25. The van der Waals surface area contributed by atoms with Gasteiger partial charge in [0.1, 0.15) is 17.0 Å². The van der Waals surface area contributed by atoms with E-state index in [9.17, 15) is 9.59 Å². The lowest BCUT2D eigenvalue weighted by atomic mass is 9.93. The Morgan fingerprint density at radius 3 is 2.54 bits per heavy atom. The van der Waals surface area contributed by atoms with Gasteiger partial charge in [0.2, 0.25) is 5.91 Å². The van der Waals surface area contributed by atoms with Gasteiger partial charge in [-0.15, -0.1) is 0 Å². The highest BCUT2D eigenvalue weighted by Crippen LogP contribution is 2.33. The predicted octanol–water partition coefficient (Wildman–Crippen LogP) is 2.33. The number of piperidine rings is 1. The number of amides is 2. The zero-order valence-corrected chi connectivity index (χ0v) is 16.5. The van der Waals surface area contributed by atoms with Crippen molar-refractivity contribution in [2.24, 2.45) is 11.7 Å². The summed E-state index contributed by atoms with van der Waals surface area (Å²) in [5.41, 5.74) is 7.05. The minimum Gasteiger partial charge on any atom is -0.369 e. The van der Waals surface area contributed by atoms with Crippen LogP contribution >= 0.6 is 11.6 Å². The molecule has 2 fully saturated rings. The Kier molecular flexibility index (Phi) is 5.12. The van der Waals surface area contributed by atoms with Gasteiger partial charge in [0.15, 0.2) is 0 Å². The summed E-state index contributed by atoms with van der Waals surface area (Å²) in [7, 11) is 0. The normalized spacial score (nSPS) is 18.9. The van der Waals surface area contributed by atoms with Crippen molar-refractivity contribution in [1.82, 2.24) is 15.0 Å². The number of rotatable bonds is 4. The molecule has 148 valence electrons. The highest BCUT2D eigenvalue weighted by atomic mass is 35.5. The van der Waals surface area contributed by atoms with Crippen molar-refractivity contribution in [2.45, 2.75) is 25.8 Å². The summed E-state index contributed by atoms with van der Waals surface area (Å²) in [6.45, 7) is 4.75. The Labute approximate surface area is 168 Å². The van der Waals surface area contributed by atoms with Crippen LogP contribution in [0, 0.1) is 12.8 Å². The maximum atomic E-state index is 13.1. The molecule has 0 aliphatic carbocycles. The molecule has 1 aromatic heterocycles. The van der Waals surface area contributed by atoms with Crippen LogP contribution in [-0.2, 0) is 4.79 Å². The largest absolute Gasteiger partial charge is 0.369 e. The van der Waals surface area contributed by atoms with E-state index in [-0.39, 0.29) is 17.7 Å². The van der Waals surface area contributed by atoms with E-state index in [1.54, 1.807) is 13.0 Å². The number of carbonyl (C=O) groups excluding carboxylic acids is 2. The van der Waals surface area contributed by atoms with Gasteiger partial charge in [-0.1, -0.05) is 35.0 Å². The molecular formula is C20H23ClN4O3. The topological polar surface area (TPSA) is 92.7 Å². The SMILES string of the molecule is Cc1onc(-c2ccccc2Cl)c1C(=O)N1CC(N2CCC(C(N)=O)CC2)C1. The smallest absolute Gasteiger partial charge is 0.259 e. The minimum atomic E-state index is -0.208. The van der Waals surface area contributed by atoms with Gasteiger partial charge < -0.3 is 15.2 Å². The monoisotopic (exact) mass is 402 g/mol. The van der Waals surface area contributed by atoms with Crippen molar-refractivity contribution in [2.75, 3.05) is 26.2 Å². The summed E-state index contributed by atoms with van der Waals surface area (Å²) in [4.78, 5) is 28.6. The van der Waals surface area contributed by atoms with Crippen molar-refractivity contribution in [3.8, 4) is 11.3 Å². The van der Waals surface area contributed by atoms with E-state index in [0.717, 1.165) is 25.9 Å². The van der Waals surface area contributed by atoms with Crippen molar-refractivity contribution in [3.05, 3.63) is 40.6 Å². The number of likely N-dealkylation sites (tertiary alicyclic amines) is 2. The molecule has 2 aromatic rings. The van der Waals surface area contributed by atoms with Crippen LogP contribution in [0.2, 0.25) is 5.02 Å². The average Bonchev–Trinajstić information content (AvgIpc) is 3.02. The van der Waals surface area contributed by atoms with E-state index >= 15 is 0 Å². The third-order valence-electron chi connectivity index (χ3n) is 5.80. The van der Waals surface area contributed by atoms with E-state index in [1.165, 1.54) is 0 Å². The maximum Gasteiger partial charge on any atom is 0.259 e. The number of hydrogen-bond acceptors (Lipinski definition) is 5. The second-order valence-corrected chi connectivity index (χ2v) is 7.93. The Morgan fingerprint density at radius 2 is 1.89 bits per heavy atom. The fourth-order valence-electron chi connectivity index (χ4n) is 4.02. The van der Waals surface area contributed by atoms with E-state index in [2.05, 4.69) is 10.1 Å². The molecule has 7 nitrogen and oxygen atoms in total. The van der Waals surface area contributed by atoms with Crippen molar-refractivity contribution < 1.29 is 14.1 Å². The summed E-state index contributed by atoms with van der Waals surface area (Å²) in [5.74, 6) is 0.176. The summed E-state index contributed by atoms with van der Waals surface area (Å²) >= 11 is 6.28. The minimum absolute atomic E-state index is 0.0214. The van der Waals surface area contributed by atoms with Gasteiger partial charge in [0.25, 0.3) is 5.91 Å². The fraction of sp³-hybridized carbons (Fsp3) is 0.450. The van der Waals surface area contributed by atoms with Crippen molar-refractivity contribution >= 4 is 23.4 Å². The number of benzene rings is 1. The Morgan fingerprint density at radius 1 is 1.21 bits per heavy atom. The quantitative estimate of drug-likeness (QED) is 0.847. The predicted molar refractivity (Wildman–Crippen MR) is 105 cm³/mol. The highest BCUT2D eigenvalue weighted by Gasteiger charge is 2.39. The van der Waals surface area contributed by atoms with Gasteiger partial charge in [-0.3, -0.25) is 14.5 Å². The number of hydrogen-bond donors (Lipinski definition) is 1. The molecule has 4 rings (SSSR count). The zero-order chi connectivity index (χ0) is 19.8. The van der Waals surface area contributed by atoms with Gasteiger partial charge in [0.05, 0.1) is 5.02 Å². The first-order valence-electron chi connectivity index (χ1n) is 9.49. The van der Waals surface area contributed by atoms with Gasteiger partial charge in [0, 0.05) is 30.6 Å². The number of nitrogens with zero attached hydrogens (tertiary/aromatic N) is 3. The molecule has 0 atom stereocenters. The summed E-state index contributed by atoms with van der Waals surface area (Å²) < 4.78 is 5.31. The van der Waals surface area contributed by atoms with Crippen LogP contribution < -0.4 is 5.73 Å². The first-order chi connectivity index (χ1) is 13.5. The van der Waals surface area contributed by atoms with Crippen LogP contribution in [0.15, 0.2) is 28.8 Å². The van der Waals surface area contributed by atoms with Crippen LogP contribution in [0.1, 0.15) is 29.0 Å². The second kappa shape index (κ2) is 7.56. The molecule has 8 heteroatoms. The van der Waals surface area contributed by atoms with Crippen LogP contribution in [0.3, 0.4) is 0 Å². The second-order valence-electron chi connectivity index (χ2n) is 7.52. The third-order valence-corrected chi connectivity index (χ3v) is 6.13. The van der Waals surface area contributed by atoms with Crippen LogP contribution in [-0.4, -0.2) is 59.0 Å². The molecule has 0 bridgehead atoms. The van der Waals surface area contributed by atoms with E-state index in [0.29, 0.717) is 46.7 Å². The number of halogens is 1. The first-order valence-corrected chi connectivity index (χ1v) is 9.87. The van der Waals surface area contributed by atoms with E-state index < -0.39 is 0 Å². The number of primary amides is 1. The Bertz CT molecular complexity index is 899. The van der Waals surface area contributed by atoms with E-state index in [4.69, 9.17) is 21.9 Å². The standard InChI is InChI=1S/C20H23ClN4O3/c1-12-17(18(23-28-12)15-4-2-3-5-16(15)21)20(27)25-10-14(11-25)24-8-6-13(7-9-24)19(22)26/h2-5,13-14H,6-11H2,1H3,(H2,22,26). The van der Waals surface area contributed by atoms with Gasteiger partial charge in [-0.25, -0.2) is 0 Å². The van der Waals surface area contributed by atoms with E-state index in [1.807, 2.05) is 23.1 Å². The molecule has 0 unspecified atom stereocenters. The van der Waals surface area contributed by atoms with Crippen LogP contribution in [0.25, 0.3) is 11.3 Å². The summed E-state index contributed by atoms with van der Waals surface area (Å²) in [6.07, 6.45) is 1.59. The lowest BCUT2D eigenvalue weighted by molar-refractivity contribution is -0.123. The molecule has 28 heavy (non-hydrogen) atoms. The molecular weight excluding hydrogens is 380 g/mol. The maximum absolute atomic E-state index is 13.1. The molecule has 3 heterocycles. The first kappa shape index (κ1) is 19.0. The lowest BCUT2D eigenvalue weighted by Crippen LogP contribution is -2.62. The van der Waals surface area contributed by atoms with Crippen LogP contribution in [0.4, 0.5) is 0 Å². The summed E-state index contributed by atoms with van der Waals surface area (Å²) in [5, 5.41) is 4.61. The van der Waals surface area contributed by atoms with Crippen molar-refractivity contribution in [1.29, 1.82) is 0 Å². The molecule has 1 aromatic carbocycles. The zero-order valence-electron chi connectivity index (χ0n) is 15.7. The molecule has 2 N–H and O–H groups in total. The Hall–Kier alpha value is -2.38. The number of aromatic nitrogens is 1. The average molecular weight is 403 g/mol. The van der Waals surface area contributed by atoms with Crippen LogP contribution in [0.5, 0.6) is 0 Å². The van der Waals surface area contributed by atoms with Gasteiger partial charge in [-0.05, 0) is 38.9 Å². The number of carbonyl (C=O) groups is 2. The molecule has 2 saturated heterocycles. The van der Waals surface area contributed by atoms with Crippen molar-refractivity contribution in [3.63, 3.8) is 0 Å². The molecule has 2 aliphatic rings. The van der Waals surface area contributed by atoms with Gasteiger partial charge >= 0.3 is 0 Å². The molecule has 0 saturated carbocycles. The highest BCUT2D eigenvalue weighted by molar-refractivity contribution is 6.33. The number of aryl methyl sites for hydroxylation is 1. The number of nitrogens with two attached hydrogens (primary N) is 1. The molecule has 0 spiro atoms.